The summed E-state index contributed by atoms with van der Waals surface area (Å²) >= 11 is 1.77. The van der Waals surface area contributed by atoms with Gasteiger partial charge in [0.15, 0.2) is 15.8 Å². The van der Waals surface area contributed by atoms with Gasteiger partial charge >= 0.3 is 0 Å². The second-order valence-electron chi connectivity index (χ2n) is 4.97. The van der Waals surface area contributed by atoms with Gasteiger partial charge in [-0.25, -0.2) is 8.42 Å². The van der Waals surface area contributed by atoms with E-state index in [0.717, 1.165) is 18.3 Å². The molecule has 0 unspecified atom stereocenters. The average Bonchev–Trinajstić information content (AvgIpc) is 2.29. The number of hydrogen-bond acceptors (Lipinski definition) is 4. The van der Waals surface area contributed by atoms with Gasteiger partial charge in [0.1, 0.15) is 0 Å². The number of guanidine groups is 1. The van der Waals surface area contributed by atoms with Gasteiger partial charge in [-0.3, -0.25) is 4.99 Å². The van der Waals surface area contributed by atoms with Gasteiger partial charge in [0.05, 0.1) is 10.5 Å². The van der Waals surface area contributed by atoms with Crippen molar-refractivity contribution in [3.63, 3.8) is 0 Å². The van der Waals surface area contributed by atoms with Crippen LogP contribution in [0.15, 0.2) is 4.99 Å². The first kappa shape index (κ1) is 15.6. The Labute approximate surface area is 114 Å². The minimum absolute atomic E-state index is 0.198. The summed E-state index contributed by atoms with van der Waals surface area (Å²) in [7, 11) is -1.26. The Morgan fingerprint density at radius 1 is 1.50 bits per heavy atom. The first-order valence-corrected chi connectivity index (χ1v) is 9.05. The number of nitrogens with one attached hydrogen (secondary N) is 1. The summed E-state index contributed by atoms with van der Waals surface area (Å²) < 4.78 is 23.2. The molecule has 1 aliphatic rings. The lowest BCUT2D eigenvalue weighted by Gasteiger charge is -2.39. The molecule has 0 amide bonds. The molecule has 18 heavy (non-hydrogen) atoms. The summed E-state index contributed by atoms with van der Waals surface area (Å²) in [6, 6.07) is 0. The summed E-state index contributed by atoms with van der Waals surface area (Å²) in [5, 5.41) is 3.27. The van der Waals surface area contributed by atoms with E-state index in [1.54, 1.807) is 32.7 Å². The summed E-state index contributed by atoms with van der Waals surface area (Å²) in [5.41, 5.74) is 0. The minimum atomic E-state index is -2.99. The Morgan fingerprint density at radius 2 is 2.17 bits per heavy atom. The summed E-state index contributed by atoms with van der Waals surface area (Å²) in [6.07, 6.45) is 2.06. The third kappa shape index (κ3) is 3.54. The first-order valence-electron chi connectivity index (χ1n) is 6.01. The minimum Gasteiger partial charge on any atom is -0.355 e. The fourth-order valence-electron chi connectivity index (χ4n) is 1.92. The molecule has 0 aromatic heterocycles. The van der Waals surface area contributed by atoms with E-state index in [1.165, 1.54) is 0 Å². The first-order chi connectivity index (χ1) is 8.34. The molecule has 1 rings (SSSR count). The monoisotopic (exact) mass is 293 g/mol. The molecular weight excluding hydrogens is 270 g/mol. The number of nitrogens with zero attached hydrogens (tertiary/aromatic N) is 2. The van der Waals surface area contributed by atoms with Crippen molar-refractivity contribution in [3.05, 3.63) is 0 Å². The molecule has 1 heterocycles. The van der Waals surface area contributed by atoms with Gasteiger partial charge in [-0.05, 0) is 20.1 Å². The van der Waals surface area contributed by atoms with E-state index in [-0.39, 0.29) is 5.75 Å². The summed E-state index contributed by atoms with van der Waals surface area (Å²) in [5.74, 6) is 2.00. The maximum Gasteiger partial charge on any atom is 0.193 e. The van der Waals surface area contributed by atoms with Crippen LogP contribution in [0.1, 0.15) is 13.8 Å². The second kappa shape index (κ2) is 6.14. The Hall–Kier alpha value is -0.430. The Kier molecular flexibility index (Phi) is 5.33. The van der Waals surface area contributed by atoms with Crippen molar-refractivity contribution < 1.29 is 8.42 Å². The van der Waals surface area contributed by atoms with Crippen LogP contribution in [0.2, 0.25) is 0 Å². The van der Waals surface area contributed by atoms with E-state index in [1.807, 2.05) is 4.90 Å². The van der Waals surface area contributed by atoms with Crippen molar-refractivity contribution in [2.75, 3.05) is 44.4 Å². The normalized spacial score (nSPS) is 22.9. The van der Waals surface area contributed by atoms with E-state index in [4.69, 9.17) is 0 Å². The molecule has 0 aliphatic carbocycles. The molecule has 1 saturated heterocycles. The van der Waals surface area contributed by atoms with E-state index in [9.17, 15) is 8.42 Å². The van der Waals surface area contributed by atoms with Gasteiger partial charge < -0.3 is 10.2 Å². The molecule has 1 aliphatic heterocycles. The number of thioether (sulfide) groups is 1. The molecule has 106 valence electrons. The Morgan fingerprint density at radius 3 is 2.67 bits per heavy atom. The van der Waals surface area contributed by atoms with Gasteiger partial charge in [0.25, 0.3) is 0 Å². The van der Waals surface area contributed by atoms with Crippen LogP contribution in [0.3, 0.4) is 0 Å². The maximum atomic E-state index is 11.9. The third-order valence-corrected chi connectivity index (χ3v) is 6.29. The van der Waals surface area contributed by atoms with Crippen LogP contribution >= 0.6 is 11.8 Å². The van der Waals surface area contributed by atoms with Gasteiger partial charge in [0, 0.05) is 32.4 Å². The fraction of sp³-hybridized carbons (Fsp3) is 0.909. The number of rotatable bonds is 3. The van der Waals surface area contributed by atoms with Crippen molar-refractivity contribution in [2.24, 2.45) is 4.99 Å². The number of aliphatic imine (C=N–C) groups is 1. The third-order valence-electron chi connectivity index (χ3n) is 3.14. The zero-order valence-electron chi connectivity index (χ0n) is 11.6. The zero-order valence-corrected chi connectivity index (χ0v) is 13.2. The van der Waals surface area contributed by atoms with E-state index in [0.29, 0.717) is 13.1 Å². The van der Waals surface area contributed by atoms with E-state index < -0.39 is 14.6 Å². The molecule has 0 saturated carbocycles. The molecule has 0 atom stereocenters. The van der Waals surface area contributed by atoms with Gasteiger partial charge in [-0.15, -0.1) is 0 Å². The van der Waals surface area contributed by atoms with E-state index in [2.05, 4.69) is 16.6 Å². The van der Waals surface area contributed by atoms with E-state index >= 15 is 0 Å². The lowest BCUT2D eigenvalue weighted by molar-refractivity contribution is 0.354. The average molecular weight is 293 g/mol. The number of sulfone groups is 1. The number of hydrogen-bond donors (Lipinski definition) is 1. The smallest absolute Gasteiger partial charge is 0.193 e. The van der Waals surface area contributed by atoms with Crippen LogP contribution in [0.4, 0.5) is 0 Å². The molecule has 7 heteroatoms. The highest BCUT2D eigenvalue weighted by atomic mass is 32.2. The van der Waals surface area contributed by atoms with Crippen molar-refractivity contribution >= 4 is 27.6 Å². The molecule has 0 bridgehead atoms. The Balaban J connectivity index is 2.68. The quantitative estimate of drug-likeness (QED) is 0.465. The molecule has 1 fully saturated rings. The molecule has 0 aromatic rings. The largest absolute Gasteiger partial charge is 0.355 e. The molecular formula is C11H23N3O2S2. The standard InChI is InChI=1S/C11H23N3O2S2/c1-11(2)9-14(6-8-18(11,15)16)10(12-3)13-5-7-17-4/h5-9H2,1-4H3,(H,12,13). The van der Waals surface area contributed by atoms with Crippen LogP contribution < -0.4 is 5.32 Å². The molecule has 0 spiro atoms. The summed E-state index contributed by atoms with van der Waals surface area (Å²) in [6.45, 7) is 5.42. The SMILES string of the molecule is CN=C(NCCSC)N1CCS(=O)(=O)C(C)(C)C1. The highest BCUT2D eigenvalue weighted by Gasteiger charge is 2.40. The van der Waals surface area contributed by atoms with Crippen LogP contribution in [0.5, 0.6) is 0 Å². The van der Waals surface area contributed by atoms with Gasteiger partial charge in [0.2, 0.25) is 0 Å². The predicted molar refractivity (Wildman–Crippen MR) is 79.2 cm³/mol. The van der Waals surface area contributed by atoms with Crippen LogP contribution in [-0.2, 0) is 9.84 Å². The van der Waals surface area contributed by atoms with Crippen LogP contribution in [0.25, 0.3) is 0 Å². The van der Waals surface area contributed by atoms with Gasteiger partial charge in [-0.2, -0.15) is 11.8 Å². The highest BCUT2D eigenvalue weighted by molar-refractivity contribution is 7.98. The predicted octanol–water partition coefficient (Wildman–Crippen LogP) is 0.434. The Bertz CT molecular complexity index is 405. The van der Waals surface area contributed by atoms with Crippen molar-refractivity contribution in [2.45, 2.75) is 18.6 Å². The lowest BCUT2D eigenvalue weighted by atomic mass is 10.2. The fourth-order valence-corrected chi connectivity index (χ4v) is 3.59. The van der Waals surface area contributed by atoms with Gasteiger partial charge in [-0.1, -0.05) is 0 Å². The van der Waals surface area contributed by atoms with Crippen molar-refractivity contribution in [3.8, 4) is 0 Å². The topological polar surface area (TPSA) is 61.8 Å². The molecule has 1 N–H and O–H groups in total. The lowest BCUT2D eigenvalue weighted by Crippen LogP contribution is -2.57. The van der Waals surface area contributed by atoms with Crippen molar-refractivity contribution in [1.29, 1.82) is 0 Å². The molecule has 0 aromatic carbocycles. The molecule has 0 radical (unpaired) electrons. The second-order valence-corrected chi connectivity index (χ2v) is 8.70. The van der Waals surface area contributed by atoms with Crippen LogP contribution in [-0.4, -0.2) is 68.5 Å². The van der Waals surface area contributed by atoms with Crippen molar-refractivity contribution in [1.82, 2.24) is 10.2 Å². The zero-order chi connectivity index (χ0) is 13.8. The molecule has 5 nitrogen and oxygen atoms in total. The maximum absolute atomic E-state index is 11.9. The summed E-state index contributed by atoms with van der Waals surface area (Å²) in [4.78, 5) is 6.25. The van der Waals surface area contributed by atoms with Crippen LogP contribution in [0, 0.1) is 0 Å². The highest BCUT2D eigenvalue weighted by Crippen LogP contribution is 2.23.